The summed E-state index contributed by atoms with van der Waals surface area (Å²) in [5.41, 5.74) is 1.28. The highest BCUT2D eigenvalue weighted by molar-refractivity contribution is 7.10. The lowest BCUT2D eigenvalue weighted by Gasteiger charge is -2.35. The molecule has 1 aromatic heterocycles. The van der Waals surface area contributed by atoms with Gasteiger partial charge in [0.2, 0.25) is 0 Å². The maximum Gasteiger partial charge on any atom is 0.257 e. The average Bonchev–Trinajstić information content (AvgIpc) is 3.21. The van der Waals surface area contributed by atoms with Crippen molar-refractivity contribution in [1.29, 1.82) is 0 Å². The second kappa shape index (κ2) is 6.99. The molecular weight excluding hydrogens is 354 g/mol. The lowest BCUT2D eigenvalue weighted by Crippen LogP contribution is -2.72. The molecule has 5 aromatic rings. The van der Waals surface area contributed by atoms with Crippen LogP contribution in [0.3, 0.4) is 0 Å². The minimum Gasteiger partial charge on any atom is -0.362 e. The molecular formula is C26H21NSi. The summed E-state index contributed by atoms with van der Waals surface area (Å²) in [4.78, 5) is 0. The molecule has 0 saturated carbocycles. The second-order valence-corrected chi connectivity index (χ2v) is 10.7. The predicted octanol–water partition coefficient (Wildman–Crippen LogP) is 4.16. The van der Waals surface area contributed by atoms with Gasteiger partial charge < -0.3 is 4.23 Å². The minimum absolute atomic E-state index is 1.28. The van der Waals surface area contributed by atoms with Gasteiger partial charge in [0.1, 0.15) is 0 Å². The Kier molecular flexibility index (Phi) is 4.19. The monoisotopic (exact) mass is 375 g/mol. The average molecular weight is 376 g/mol. The molecule has 0 aliphatic heterocycles. The Bertz CT molecular complexity index is 1100. The number of aromatic nitrogens is 1. The minimum atomic E-state index is -2.50. The van der Waals surface area contributed by atoms with Gasteiger partial charge in [0.05, 0.1) is 0 Å². The van der Waals surface area contributed by atoms with Crippen LogP contribution >= 0.6 is 0 Å². The van der Waals surface area contributed by atoms with Gasteiger partial charge >= 0.3 is 0 Å². The molecule has 0 aliphatic carbocycles. The molecule has 1 nitrogen and oxygen atoms in total. The summed E-state index contributed by atoms with van der Waals surface area (Å²) in [6.45, 7) is 0. The van der Waals surface area contributed by atoms with Crippen molar-refractivity contribution in [2.75, 3.05) is 0 Å². The number of benzene rings is 4. The molecule has 0 radical (unpaired) electrons. The first-order valence-electron chi connectivity index (χ1n) is 9.64. The molecule has 0 unspecified atom stereocenters. The number of para-hydroxylation sites is 1. The SMILES string of the molecule is c1ccc([Si](c2ccccc2)(c2ccccc2)n2ccc3ccccc32)cc1. The van der Waals surface area contributed by atoms with E-state index in [4.69, 9.17) is 0 Å². The molecule has 134 valence electrons. The zero-order valence-electron chi connectivity index (χ0n) is 15.6. The largest absolute Gasteiger partial charge is 0.362 e. The van der Waals surface area contributed by atoms with Crippen LogP contribution in [-0.4, -0.2) is 12.5 Å². The van der Waals surface area contributed by atoms with Crippen LogP contribution < -0.4 is 15.6 Å². The molecule has 0 saturated heterocycles. The van der Waals surface area contributed by atoms with Gasteiger partial charge in [0.25, 0.3) is 8.24 Å². The zero-order chi connectivity index (χ0) is 18.8. The predicted molar refractivity (Wildman–Crippen MR) is 121 cm³/mol. The standard InChI is InChI=1S/C26H21NSi/c1-4-13-23(14-5-1)28(24-15-6-2-7-16-24,25-17-8-3-9-18-25)27-21-20-22-12-10-11-19-26(22)27/h1-21H. The van der Waals surface area contributed by atoms with Gasteiger partial charge in [-0.1, -0.05) is 109 Å². The summed E-state index contributed by atoms with van der Waals surface area (Å²) in [7, 11) is -2.50. The van der Waals surface area contributed by atoms with E-state index in [-0.39, 0.29) is 0 Å². The van der Waals surface area contributed by atoms with E-state index in [1.54, 1.807) is 0 Å². The Labute approximate surface area is 166 Å². The Morgan fingerprint density at radius 2 is 0.857 bits per heavy atom. The molecule has 0 atom stereocenters. The third-order valence-electron chi connectivity index (χ3n) is 5.54. The number of rotatable bonds is 4. The van der Waals surface area contributed by atoms with Gasteiger partial charge in [-0.15, -0.1) is 0 Å². The Morgan fingerprint density at radius 1 is 0.429 bits per heavy atom. The first-order chi connectivity index (χ1) is 13.9. The third kappa shape index (κ3) is 2.54. The normalized spacial score (nSPS) is 11.6. The van der Waals surface area contributed by atoms with Crippen molar-refractivity contribution in [3.05, 3.63) is 128 Å². The highest BCUT2D eigenvalue weighted by Gasteiger charge is 2.42. The Hall–Kier alpha value is -3.36. The van der Waals surface area contributed by atoms with Crippen LogP contribution in [0, 0.1) is 0 Å². The van der Waals surface area contributed by atoms with E-state index in [0.717, 1.165) is 0 Å². The lowest BCUT2D eigenvalue weighted by atomic mass is 10.3. The molecule has 5 rings (SSSR count). The van der Waals surface area contributed by atoms with Gasteiger partial charge in [-0.3, -0.25) is 0 Å². The van der Waals surface area contributed by atoms with Crippen LogP contribution in [0.2, 0.25) is 0 Å². The first kappa shape index (κ1) is 16.8. The van der Waals surface area contributed by atoms with E-state index in [1.807, 2.05) is 0 Å². The van der Waals surface area contributed by atoms with Crippen molar-refractivity contribution in [3.63, 3.8) is 0 Å². The van der Waals surface area contributed by atoms with E-state index in [1.165, 1.54) is 26.5 Å². The Balaban J connectivity index is 1.96. The summed E-state index contributed by atoms with van der Waals surface area (Å²) in [5, 5.41) is 5.43. The molecule has 0 fully saturated rings. The maximum absolute atomic E-state index is 2.56. The fourth-order valence-corrected chi connectivity index (χ4v) is 9.05. The lowest BCUT2D eigenvalue weighted by molar-refractivity contribution is 1.25. The molecule has 0 spiro atoms. The van der Waals surface area contributed by atoms with Crippen LogP contribution in [0.1, 0.15) is 0 Å². The first-order valence-corrected chi connectivity index (χ1v) is 11.6. The van der Waals surface area contributed by atoms with Gasteiger partial charge in [0.15, 0.2) is 0 Å². The summed E-state index contributed by atoms with van der Waals surface area (Å²) in [6, 6.07) is 44.0. The quantitative estimate of drug-likeness (QED) is 0.328. The van der Waals surface area contributed by atoms with Crippen LogP contribution in [0.25, 0.3) is 10.9 Å². The summed E-state index contributed by atoms with van der Waals surface area (Å²) >= 11 is 0. The fraction of sp³-hybridized carbons (Fsp3) is 0. The van der Waals surface area contributed by atoms with E-state index < -0.39 is 8.24 Å². The second-order valence-electron chi connectivity index (χ2n) is 7.05. The van der Waals surface area contributed by atoms with Crippen molar-refractivity contribution < 1.29 is 0 Å². The van der Waals surface area contributed by atoms with Crippen LogP contribution in [-0.2, 0) is 0 Å². The molecule has 2 heteroatoms. The summed E-state index contributed by atoms with van der Waals surface area (Å²) in [6.07, 6.45) is 2.28. The van der Waals surface area contributed by atoms with Crippen LogP contribution in [0.4, 0.5) is 0 Å². The summed E-state index contributed by atoms with van der Waals surface area (Å²) < 4.78 is 2.56. The molecule has 28 heavy (non-hydrogen) atoms. The number of nitrogens with zero attached hydrogens (tertiary/aromatic N) is 1. The number of hydrogen-bond donors (Lipinski definition) is 0. The molecule has 0 N–H and O–H groups in total. The fourth-order valence-electron chi connectivity index (χ4n) is 4.33. The molecule has 0 aliphatic rings. The van der Waals surface area contributed by atoms with Gasteiger partial charge in [-0.05, 0) is 39.3 Å². The van der Waals surface area contributed by atoms with Crippen molar-refractivity contribution in [2.24, 2.45) is 0 Å². The third-order valence-corrected chi connectivity index (χ3v) is 10.2. The molecule has 4 aromatic carbocycles. The highest BCUT2D eigenvalue weighted by atomic mass is 28.3. The smallest absolute Gasteiger partial charge is 0.257 e. The van der Waals surface area contributed by atoms with Crippen molar-refractivity contribution in [1.82, 2.24) is 4.23 Å². The molecule has 0 bridgehead atoms. The van der Waals surface area contributed by atoms with Gasteiger partial charge in [-0.25, -0.2) is 0 Å². The van der Waals surface area contributed by atoms with E-state index >= 15 is 0 Å². The van der Waals surface area contributed by atoms with Gasteiger partial charge in [-0.2, -0.15) is 0 Å². The van der Waals surface area contributed by atoms with E-state index in [2.05, 4.69) is 132 Å². The van der Waals surface area contributed by atoms with Crippen molar-refractivity contribution in [2.45, 2.75) is 0 Å². The maximum atomic E-state index is 2.56. The number of hydrogen-bond acceptors (Lipinski definition) is 0. The molecule has 1 heterocycles. The van der Waals surface area contributed by atoms with Crippen molar-refractivity contribution in [3.8, 4) is 0 Å². The van der Waals surface area contributed by atoms with Crippen molar-refractivity contribution >= 4 is 34.7 Å². The van der Waals surface area contributed by atoms with Crippen LogP contribution in [0.15, 0.2) is 128 Å². The van der Waals surface area contributed by atoms with E-state index in [9.17, 15) is 0 Å². The summed E-state index contributed by atoms with van der Waals surface area (Å²) in [5.74, 6) is 0. The van der Waals surface area contributed by atoms with Crippen LogP contribution in [0.5, 0.6) is 0 Å². The zero-order valence-corrected chi connectivity index (χ0v) is 16.6. The van der Waals surface area contributed by atoms with E-state index in [0.29, 0.717) is 0 Å². The van der Waals surface area contributed by atoms with Gasteiger partial charge in [0, 0.05) is 5.52 Å². The molecule has 0 amide bonds. The topological polar surface area (TPSA) is 4.93 Å². The Morgan fingerprint density at radius 3 is 1.36 bits per heavy atom. The highest BCUT2D eigenvalue weighted by Crippen LogP contribution is 2.21. The number of fused-ring (bicyclic) bond motifs is 1.